The molecule has 0 aliphatic heterocycles. The fourth-order valence-corrected chi connectivity index (χ4v) is 2.78. The molecule has 0 aliphatic rings. The van der Waals surface area contributed by atoms with E-state index < -0.39 is 24.0 Å². The topological polar surface area (TPSA) is 71.4 Å². The van der Waals surface area contributed by atoms with Crippen LogP contribution in [-0.2, 0) is 9.59 Å². The largest absolute Gasteiger partial charge is 0.475 e. The normalized spacial score (nSPS) is 10.8. The van der Waals surface area contributed by atoms with Gasteiger partial charge in [0.15, 0.2) is 5.78 Å². The zero-order valence-electron chi connectivity index (χ0n) is 11.9. The number of carbonyl (C=O) groups excluding carboxylic acids is 2. The molecule has 3 aromatic rings. The van der Waals surface area contributed by atoms with Crippen LogP contribution in [0, 0.1) is 0 Å². The van der Waals surface area contributed by atoms with Crippen molar-refractivity contribution < 1.29 is 19.5 Å². The highest BCUT2D eigenvalue weighted by Gasteiger charge is 2.18. The minimum Gasteiger partial charge on any atom is -0.475 e. The average Bonchev–Trinajstić information content (AvgIpc) is 2.54. The summed E-state index contributed by atoms with van der Waals surface area (Å²) >= 11 is 6.19. The van der Waals surface area contributed by atoms with Crippen LogP contribution in [0.3, 0.4) is 0 Å². The van der Waals surface area contributed by atoms with Crippen LogP contribution in [0.4, 0.5) is 0 Å². The predicted octanol–water partition coefficient (Wildman–Crippen LogP) is 3.87. The van der Waals surface area contributed by atoms with E-state index in [1.807, 2.05) is 24.3 Å². The zero-order chi connectivity index (χ0) is 16.6. The second-order valence-electron chi connectivity index (χ2n) is 5.16. The molecule has 3 aromatic carbocycles. The molecular weight excluding hydrogens is 316 g/mol. The number of Topliss-reactive ketones (excluding diaryl/α,β-unsaturated/α-hetero) is 2. The van der Waals surface area contributed by atoms with Crippen molar-refractivity contribution in [3.63, 3.8) is 0 Å². The number of carbonyl (C=O) groups is 3. The summed E-state index contributed by atoms with van der Waals surface area (Å²) < 4.78 is 0. The molecular formula is C18H11ClO4. The van der Waals surface area contributed by atoms with Crippen LogP contribution in [0.2, 0.25) is 5.02 Å². The molecule has 0 saturated heterocycles. The highest BCUT2D eigenvalue weighted by Crippen LogP contribution is 2.30. The van der Waals surface area contributed by atoms with Crippen molar-refractivity contribution in [3.05, 3.63) is 59.1 Å². The van der Waals surface area contributed by atoms with E-state index in [4.69, 9.17) is 16.7 Å². The fraction of sp³-hybridized carbons (Fsp3) is 0.0556. The third kappa shape index (κ3) is 2.81. The molecule has 0 aromatic heterocycles. The molecule has 114 valence electrons. The molecule has 5 heteroatoms. The maximum absolute atomic E-state index is 12.1. The van der Waals surface area contributed by atoms with Gasteiger partial charge in [0.25, 0.3) is 0 Å². The number of hydrogen-bond donors (Lipinski definition) is 1. The molecule has 0 heterocycles. The molecule has 0 atom stereocenters. The number of halogens is 1. The maximum Gasteiger partial charge on any atom is 0.372 e. The Morgan fingerprint density at radius 1 is 0.913 bits per heavy atom. The Morgan fingerprint density at radius 2 is 1.65 bits per heavy atom. The summed E-state index contributed by atoms with van der Waals surface area (Å²) in [6, 6.07) is 14.4. The molecule has 0 amide bonds. The molecule has 4 nitrogen and oxygen atoms in total. The number of benzene rings is 3. The minimum absolute atomic E-state index is 0.305. The lowest BCUT2D eigenvalue weighted by molar-refractivity contribution is -0.148. The second-order valence-corrected chi connectivity index (χ2v) is 5.57. The van der Waals surface area contributed by atoms with E-state index in [1.54, 1.807) is 24.3 Å². The lowest BCUT2D eigenvalue weighted by Crippen LogP contribution is -2.17. The van der Waals surface area contributed by atoms with Gasteiger partial charge in [0.1, 0.15) is 0 Å². The first-order chi connectivity index (χ1) is 11.0. The van der Waals surface area contributed by atoms with Gasteiger partial charge in [0, 0.05) is 16.0 Å². The molecule has 1 N–H and O–H groups in total. The van der Waals surface area contributed by atoms with Gasteiger partial charge >= 0.3 is 5.97 Å². The van der Waals surface area contributed by atoms with Crippen LogP contribution < -0.4 is 0 Å². The molecule has 0 radical (unpaired) electrons. The summed E-state index contributed by atoms with van der Waals surface area (Å²) in [6.45, 7) is 0. The van der Waals surface area contributed by atoms with Gasteiger partial charge in [-0.2, -0.15) is 0 Å². The van der Waals surface area contributed by atoms with Gasteiger partial charge in [0.2, 0.25) is 5.78 Å². The maximum atomic E-state index is 12.1. The van der Waals surface area contributed by atoms with Crippen LogP contribution in [-0.4, -0.2) is 22.6 Å². The van der Waals surface area contributed by atoms with Gasteiger partial charge in [0.05, 0.1) is 6.42 Å². The SMILES string of the molecule is O=C(O)C(=O)CC(=O)c1ccc2ccc3c(Cl)cccc3c2c1. The van der Waals surface area contributed by atoms with Gasteiger partial charge in [-0.1, -0.05) is 48.0 Å². The Labute approximate surface area is 136 Å². The fourth-order valence-electron chi connectivity index (χ4n) is 2.55. The number of aliphatic carboxylic acids is 1. The number of carboxylic acid groups (broad SMARTS) is 1. The summed E-state index contributed by atoms with van der Waals surface area (Å²) in [5.41, 5.74) is 0.305. The highest BCUT2D eigenvalue weighted by atomic mass is 35.5. The van der Waals surface area contributed by atoms with E-state index in [0.29, 0.717) is 10.6 Å². The Kier molecular flexibility index (Phi) is 3.84. The molecule has 3 rings (SSSR count). The summed E-state index contributed by atoms with van der Waals surface area (Å²) in [7, 11) is 0. The van der Waals surface area contributed by atoms with E-state index in [9.17, 15) is 14.4 Å². The first kappa shape index (κ1) is 15.2. The zero-order valence-corrected chi connectivity index (χ0v) is 12.6. The van der Waals surface area contributed by atoms with Crippen LogP contribution >= 0.6 is 11.6 Å². The molecule has 0 unspecified atom stereocenters. The summed E-state index contributed by atoms with van der Waals surface area (Å²) in [5.74, 6) is -3.23. The van der Waals surface area contributed by atoms with Gasteiger partial charge in [-0.25, -0.2) is 4.79 Å². The molecule has 0 fully saturated rings. The van der Waals surface area contributed by atoms with Crippen molar-refractivity contribution in [1.29, 1.82) is 0 Å². The Bertz CT molecular complexity index is 975. The number of ketones is 2. The Hall–Kier alpha value is -2.72. The van der Waals surface area contributed by atoms with Gasteiger partial charge in [-0.05, 0) is 28.3 Å². The highest BCUT2D eigenvalue weighted by molar-refractivity contribution is 6.38. The molecule has 0 spiro atoms. The third-order valence-corrected chi connectivity index (χ3v) is 4.04. The molecule has 0 saturated carbocycles. The van der Waals surface area contributed by atoms with Gasteiger partial charge < -0.3 is 5.11 Å². The first-order valence-corrected chi connectivity index (χ1v) is 7.25. The van der Waals surface area contributed by atoms with Crippen LogP contribution in [0.5, 0.6) is 0 Å². The van der Waals surface area contributed by atoms with Crippen LogP contribution in [0.25, 0.3) is 21.5 Å². The number of carboxylic acids is 1. The minimum atomic E-state index is -1.60. The smallest absolute Gasteiger partial charge is 0.372 e. The van der Waals surface area contributed by atoms with Crippen molar-refractivity contribution in [3.8, 4) is 0 Å². The van der Waals surface area contributed by atoms with E-state index in [1.165, 1.54) is 0 Å². The summed E-state index contributed by atoms with van der Waals surface area (Å²) in [4.78, 5) is 33.9. The number of fused-ring (bicyclic) bond motifs is 3. The standard InChI is InChI=1S/C18H11ClO4/c19-15-3-1-2-12-13(15)7-6-10-4-5-11(8-14(10)12)16(20)9-17(21)18(22)23/h1-8H,9H2,(H,22,23). The quantitative estimate of drug-likeness (QED) is 0.342. The number of hydrogen-bond acceptors (Lipinski definition) is 3. The first-order valence-electron chi connectivity index (χ1n) is 6.87. The molecule has 0 bridgehead atoms. The lowest BCUT2D eigenvalue weighted by atomic mass is 9.97. The number of rotatable bonds is 4. The Morgan fingerprint density at radius 3 is 2.39 bits per heavy atom. The molecule has 0 aliphatic carbocycles. The molecule has 23 heavy (non-hydrogen) atoms. The second kappa shape index (κ2) is 5.82. The van der Waals surface area contributed by atoms with E-state index in [2.05, 4.69) is 0 Å². The van der Waals surface area contributed by atoms with Crippen LogP contribution in [0.1, 0.15) is 16.8 Å². The van der Waals surface area contributed by atoms with Gasteiger partial charge in [-0.15, -0.1) is 0 Å². The van der Waals surface area contributed by atoms with E-state index in [-0.39, 0.29) is 0 Å². The van der Waals surface area contributed by atoms with Crippen molar-refractivity contribution in [2.75, 3.05) is 0 Å². The monoisotopic (exact) mass is 326 g/mol. The van der Waals surface area contributed by atoms with Crippen molar-refractivity contribution >= 4 is 50.7 Å². The summed E-state index contributed by atoms with van der Waals surface area (Å²) in [6.07, 6.45) is -0.646. The van der Waals surface area contributed by atoms with Crippen LogP contribution in [0.15, 0.2) is 48.5 Å². The average molecular weight is 327 g/mol. The van der Waals surface area contributed by atoms with E-state index >= 15 is 0 Å². The summed E-state index contributed by atoms with van der Waals surface area (Å²) in [5, 5.41) is 12.7. The lowest BCUT2D eigenvalue weighted by Gasteiger charge is -2.07. The van der Waals surface area contributed by atoms with Crippen molar-refractivity contribution in [2.45, 2.75) is 6.42 Å². The van der Waals surface area contributed by atoms with E-state index in [0.717, 1.165) is 21.5 Å². The van der Waals surface area contributed by atoms with Crippen molar-refractivity contribution in [2.24, 2.45) is 0 Å². The van der Waals surface area contributed by atoms with Gasteiger partial charge in [-0.3, -0.25) is 9.59 Å². The predicted molar refractivity (Wildman–Crippen MR) is 88.1 cm³/mol. The third-order valence-electron chi connectivity index (χ3n) is 3.71. The van der Waals surface area contributed by atoms with Crippen molar-refractivity contribution in [1.82, 2.24) is 0 Å². The Balaban J connectivity index is 2.12.